The van der Waals surface area contributed by atoms with Crippen LogP contribution in [0.25, 0.3) is 0 Å². The number of benzene rings is 2. The highest BCUT2D eigenvalue weighted by Crippen LogP contribution is 2.43. The zero-order valence-corrected chi connectivity index (χ0v) is 21.8. The Bertz CT molecular complexity index is 1110. The normalized spacial score (nSPS) is 24.1. The molecule has 1 atom stereocenters. The first-order chi connectivity index (χ1) is 18.8. The molecule has 1 unspecified atom stereocenters. The minimum Gasteiger partial charge on any atom is -0.481 e. The van der Waals surface area contributed by atoms with Gasteiger partial charge >= 0.3 is 18.3 Å². The molecule has 2 aromatic rings. The Morgan fingerprint density at radius 1 is 0.925 bits per heavy atom. The number of piperidine rings is 1. The van der Waals surface area contributed by atoms with Gasteiger partial charge in [0.05, 0.1) is 30.3 Å². The average Bonchev–Trinajstić information content (AvgIpc) is 2.93. The number of aliphatic hydroxyl groups excluding tert-OH is 1. The van der Waals surface area contributed by atoms with Gasteiger partial charge in [0.2, 0.25) is 0 Å². The SMILES string of the molecule is O=C(O)C1CCN(C2CCC(COC(CO)c3cc(C(F)(F)F)cc(C(F)(F)F)c3)(c3ccccc3)CC2)CC1. The molecule has 0 radical (unpaired) electrons. The molecule has 220 valence electrons. The van der Waals surface area contributed by atoms with Crippen molar-refractivity contribution in [1.29, 1.82) is 0 Å². The molecule has 1 saturated heterocycles. The van der Waals surface area contributed by atoms with Gasteiger partial charge in [-0.3, -0.25) is 4.79 Å². The van der Waals surface area contributed by atoms with Crippen LogP contribution in [0.3, 0.4) is 0 Å². The number of carbonyl (C=O) groups is 1. The van der Waals surface area contributed by atoms with Crippen LogP contribution in [0.4, 0.5) is 26.3 Å². The Morgan fingerprint density at radius 2 is 1.48 bits per heavy atom. The van der Waals surface area contributed by atoms with Gasteiger partial charge in [0.1, 0.15) is 6.10 Å². The first-order valence-electron chi connectivity index (χ1n) is 13.4. The fraction of sp³-hybridized carbons (Fsp3) is 0.552. The third-order valence-electron chi connectivity index (χ3n) is 8.40. The van der Waals surface area contributed by atoms with Crippen LogP contribution in [0.1, 0.15) is 66.9 Å². The number of likely N-dealkylation sites (tertiary alicyclic amines) is 1. The van der Waals surface area contributed by atoms with Crippen molar-refractivity contribution in [2.45, 2.75) is 68.4 Å². The zero-order chi connectivity index (χ0) is 29.1. The van der Waals surface area contributed by atoms with Gasteiger partial charge in [0, 0.05) is 11.5 Å². The van der Waals surface area contributed by atoms with E-state index in [-0.39, 0.29) is 30.2 Å². The molecule has 2 N–H and O–H groups in total. The summed E-state index contributed by atoms with van der Waals surface area (Å²) in [5, 5.41) is 19.3. The average molecular weight is 574 g/mol. The number of aliphatic hydroxyl groups is 1. The summed E-state index contributed by atoms with van der Waals surface area (Å²) < 4.78 is 86.4. The summed E-state index contributed by atoms with van der Waals surface area (Å²) in [5.41, 5.74) is -2.88. The number of hydrogen-bond donors (Lipinski definition) is 2. The molecule has 2 aliphatic rings. The number of nitrogens with zero attached hydrogens (tertiary/aromatic N) is 1. The van der Waals surface area contributed by atoms with Gasteiger partial charge in [0.25, 0.3) is 0 Å². The largest absolute Gasteiger partial charge is 0.481 e. The quantitative estimate of drug-likeness (QED) is 0.355. The maximum Gasteiger partial charge on any atom is 0.416 e. The molecule has 0 aromatic heterocycles. The second-order valence-electron chi connectivity index (χ2n) is 10.8. The Hall–Kier alpha value is -2.63. The van der Waals surface area contributed by atoms with E-state index in [0.29, 0.717) is 50.9 Å². The fourth-order valence-corrected chi connectivity index (χ4v) is 6.02. The van der Waals surface area contributed by atoms with Gasteiger partial charge in [-0.05, 0) is 80.9 Å². The lowest BCUT2D eigenvalue weighted by Gasteiger charge is -2.45. The third kappa shape index (κ3) is 6.98. The lowest BCUT2D eigenvalue weighted by molar-refractivity contribution is -0.144. The molecule has 0 spiro atoms. The standard InChI is InChI=1S/C29H33F6NO4/c30-28(31,32)22-14-20(15-23(16-22)29(33,34)35)25(17-37)40-18-27(21-4-2-1-3-5-21)10-6-24(7-11-27)36-12-8-19(9-13-36)26(38)39/h1-5,14-16,19,24-25,37H,6-13,17-18H2,(H,38,39). The molecule has 5 nitrogen and oxygen atoms in total. The summed E-state index contributed by atoms with van der Waals surface area (Å²) in [6, 6.07) is 11.0. The van der Waals surface area contributed by atoms with Crippen LogP contribution in [0.15, 0.2) is 48.5 Å². The van der Waals surface area contributed by atoms with Gasteiger partial charge in [0.15, 0.2) is 0 Å². The van der Waals surface area contributed by atoms with E-state index in [1.807, 2.05) is 30.3 Å². The van der Waals surface area contributed by atoms with E-state index < -0.39 is 47.6 Å². The molecule has 2 fully saturated rings. The second-order valence-corrected chi connectivity index (χ2v) is 10.8. The van der Waals surface area contributed by atoms with Crippen molar-refractivity contribution in [2.75, 3.05) is 26.3 Å². The Balaban J connectivity index is 1.53. The minimum atomic E-state index is -5.00. The fourth-order valence-electron chi connectivity index (χ4n) is 6.02. The van der Waals surface area contributed by atoms with Gasteiger partial charge in [-0.1, -0.05) is 30.3 Å². The summed E-state index contributed by atoms with van der Waals surface area (Å²) in [6.07, 6.45) is -7.32. The zero-order valence-electron chi connectivity index (χ0n) is 21.8. The maximum atomic E-state index is 13.4. The molecule has 2 aromatic carbocycles. The molecular formula is C29H33F6NO4. The first-order valence-corrected chi connectivity index (χ1v) is 13.4. The van der Waals surface area contributed by atoms with Crippen molar-refractivity contribution in [3.05, 3.63) is 70.8 Å². The maximum absolute atomic E-state index is 13.4. The number of halogens is 6. The molecule has 1 saturated carbocycles. The summed E-state index contributed by atoms with van der Waals surface area (Å²) in [7, 11) is 0. The lowest BCUT2D eigenvalue weighted by atomic mass is 9.68. The van der Waals surface area contributed by atoms with Crippen molar-refractivity contribution in [2.24, 2.45) is 5.92 Å². The lowest BCUT2D eigenvalue weighted by Crippen LogP contribution is -2.47. The predicted octanol–water partition coefficient (Wildman–Crippen LogP) is 6.45. The van der Waals surface area contributed by atoms with Gasteiger partial charge < -0.3 is 19.8 Å². The number of carboxylic acids is 1. The molecule has 40 heavy (non-hydrogen) atoms. The van der Waals surface area contributed by atoms with Crippen LogP contribution in [0.5, 0.6) is 0 Å². The van der Waals surface area contributed by atoms with Gasteiger partial charge in [-0.2, -0.15) is 26.3 Å². The minimum absolute atomic E-state index is 0.00758. The topological polar surface area (TPSA) is 70.0 Å². The molecule has 1 aliphatic carbocycles. The molecule has 0 bridgehead atoms. The number of alkyl halides is 6. The molecule has 1 aliphatic heterocycles. The number of hydrogen-bond acceptors (Lipinski definition) is 4. The summed E-state index contributed by atoms with van der Waals surface area (Å²) in [5.74, 6) is -1.11. The van der Waals surface area contributed by atoms with Crippen LogP contribution >= 0.6 is 0 Å². The summed E-state index contributed by atoms with van der Waals surface area (Å²) >= 11 is 0. The van der Waals surface area contributed by atoms with E-state index in [1.165, 1.54) is 0 Å². The third-order valence-corrected chi connectivity index (χ3v) is 8.40. The molecule has 0 amide bonds. The van der Waals surface area contributed by atoms with E-state index >= 15 is 0 Å². The highest BCUT2D eigenvalue weighted by atomic mass is 19.4. The van der Waals surface area contributed by atoms with E-state index in [2.05, 4.69) is 4.90 Å². The van der Waals surface area contributed by atoms with Crippen LogP contribution < -0.4 is 0 Å². The van der Waals surface area contributed by atoms with E-state index in [0.717, 1.165) is 18.4 Å². The summed E-state index contributed by atoms with van der Waals surface area (Å²) in [4.78, 5) is 13.6. The number of aliphatic carboxylic acids is 1. The van der Waals surface area contributed by atoms with E-state index in [9.17, 15) is 41.4 Å². The second kappa shape index (κ2) is 12.1. The molecule has 4 rings (SSSR count). The Morgan fingerprint density at radius 3 is 1.95 bits per heavy atom. The van der Waals surface area contributed by atoms with E-state index in [1.54, 1.807) is 0 Å². The predicted molar refractivity (Wildman–Crippen MR) is 135 cm³/mol. The Kier molecular flexibility index (Phi) is 9.16. The smallest absolute Gasteiger partial charge is 0.416 e. The van der Waals surface area contributed by atoms with Crippen LogP contribution in [0, 0.1) is 5.92 Å². The van der Waals surface area contributed by atoms with Gasteiger partial charge in [-0.15, -0.1) is 0 Å². The van der Waals surface area contributed by atoms with Crippen molar-refractivity contribution in [3.63, 3.8) is 0 Å². The van der Waals surface area contributed by atoms with Crippen LogP contribution in [0.2, 0.25) is 0 Å². The first kappa shape index (κ1) is 30.3. The van der Waals surface area contributed by atoms with E-state index in [4.69, 9.17) is 4.74 Å². The van der Waals surface area contributed by atoms with Crippen molar-refractivity contribution in [3.8, 4) is 0 Å². The molecular weight excluding hydrogens is 540 g/mol. The van der Waals surface area contributed by atoms with Crippen LogP contribution in [-0.4, -0.2) is 53.4 Å². The summed E-state index contributed by atoms with van der Waals surface area (Å²) in [6.45, 7) is 0.610. The van der Waals surface area contributed by atoms with Crippen molar-refractivity contribution >= 4 is 5.97 Å². The highest BCUT2D eigenvalue weighted by molar-refractivity contribution is 5.70. The number of rotatable bonds is 8. The van der Waals surface area contributed by atoms with Crippen molar-refractivity contribution in [1.82, 2.24) is 4.90 Å². The highest BCUT2D eigenvalue weighted by Gasteiger charge is 2.41. The Labute approximate surface area is 228 Å². The van der Waals surface area contributed by atoms with Crippen LogP contribution in [-0.2, 0) is 27.3 Å². The molecule has 1 heterocycles. The van der Waals surface area contributed by atoms with Gasteiger partial charge in [-0.25, -0.2) is 0 Å². The molecule has 11 heteroatoms. The number of carboxylic acid groups (broad SMARTS) is 1. The number of ether oxygens (including phenoxy) is 1. The van der Waals surface area contributed by atoms with Crippen molar-refractivity contribution < 1.29 is 46.1 Å². The monoisotopic (exact) mass is 573 g/mol.